The summed E-state index contributed by atoms with van der Waals surface area (Å²) in [5, 5.41) is 1.47. The summed E-state index contributed by atoms with van der Waals surface area (Å²) in [6, 6.07) is 13.5. The molecule has 0 bridgehead atoms. The van der Waals surface area contributed by atoms with Crippen LogP contribution in [0.5, 0.6) is 5.75 Å². The van der Waals surface area contributed by atoms with Crippen molar-refractivity contribution in [3.63, 3.8) is 0 Å². The number of hydrogen-bond donors (Lipinski definition) is 0. The number of morpholine rings is 1. The van der Waals surface area contributed by atoms with E-state index in [1.54, 1.807) is 18.9 Å². The van der Waals surface area contributed by atoms with Crippen LogP contribution in [0.2, 0.25) is 5.02 Å². The van der Waals surface area contributed by atoms with Crippen molar-refractivity contribution >= 4 is 68.4 Å². The molecule has 6 nitrogen and oxygen atoms in total. The van der Waals surface area contributed by atoms with Crippen molar-refractivity contribution in [2.45, 2.75) is 17.7 Å². The molecular weight excluding hydrogens is 513 g/mol. The minimum absolute atomic E-state index is 0. The highest BCUT2D eigenvalue weighted by Gasteiger charge is 2.20. The van der Waals surface area contributed by atoms with Crippen LogP contribution in [0.25, 0.3) is 10.2 Å². The monoisotopic (exact) mass is 541 g/mol. The highest BCUT2D eigenvalue weighted by molar-refractivity contribution is 7.99. The maximum absolute atomic E-state index is 13.3. The highest BCUT2D eigenvalue weighted by Crippen LogP contribution is 2.32. The molecule has 1 amide bonds. The van der Waals surface area contributed by atoms with Gasteiger partial charge in [-0.25, -0.2) is 4.98 Å². The van der Waals surface area contributed by atoms with E-state index in [9.17, 15) is 4.79 Å². The third-order valence-corrected chi connectivity index (χ3v) is 7.78. The van der Waals surface area contributed by atoms with Gasteiger partial charge in [0.05, 0.1) is 30.5 Å². The molecule has 1 aliphatic rings. The average Bonchev–Trinajstić information content (AvgIpc) is 3.26. The van der Waals surface area contributed by atoms with Crippen LogP contribution in [0.4, 0.5) is 5.13 Å². The number of thiazole rings is 1. The van der Waals surface area contributed by atoms with Crippen LogP contribution in [0.1, 0.15) is 12.8 Å². The Bertz CT molecular complexity index is 1060. The van der Waals surface area contributed by atoms with E-state index in [2.05, 4.69) is 4.90 Å². The molecule has 1 aromatic heterocycles. The van der Waals surface area contributed by atoms with Gasteiger partial charge in [0.25, 0.3) is 0 Å². The predicted molar refractivity (Wildman–Crippen MR) is 144 cm³/mol. The lowest BCUT2D eigenvalue weighted by atomic mass is 10.3. The molecular formula is C24H29Cl2N3O3S2. The number of carbonyl (C=O) groups is 1. The van der Waals surface area contributed by atoms with Crippen LogP contribution in [-0.2, 0) is 9.53 Å². The molecule has 0 aliphatic carbocycles. The Morgan fingerprint density at radius 3 is 2.74 bits per heavy atom. The number of hydrogen-bond acceptors (Lipinski definition) is 7. The quantitative estimate of drug-likeness (QED) is 0.310. The summed E-state index contributed by atoms with van der Waals surface area (Å²) >= 11 is 9.17. The fourth-order valence-corrected chi connectivity index (χ4v) is 5.67. The van der Waals surface area contributed by atoms with Gasteiger partial charge >= 0.3 is 0 Å². The average molecular weight is 543 g/mol. The number of halogens is 2. The van der Waals surface area contributed by atoms with Gasteiger partial charge in [0.2, 0.25) is 5.91 Å². The molecule has 0 spiro atoms. The first-order valence-corrected chi connectivity index (χ1v) is 13.2. The summed E-state index contributed by atoms with van der Waals surface area (Å²) in [6.07, 6.45) is 1.35. The van der Waals surface area contributed by atoms with E-state index < -0.39 is 0 Å². The van der Waals surface area contributed by atoms with Crippen molar-refractivity contribution in [1.29, 1.82) is 0 Å². The van der Waals surface area contributed by atoms with Crippen LogP contribution in [0, 0.1) is 0 Å². The lowest BCUT2D eigenvalue weighted by molar-refractivity contribution is -0.118. The van der Waals surface area contributed by atoms with E-state index in [4.69, 9.17) is 26.1 Å². The van der Waals surface area contributed by atoms with Crippen LogP contribution in [0.15, 0.2) is 47.4 Å². The van der Waals surface area contributed by atoms with E-state index in [1.165, 1.54) is 11.3 Å². The second-order valence-electron chi connectivity index (χ2n) is 7.74. The molecule has 1 aliphatic heterocycles. The smallest absolute Gasteiger partial charge is 0.229 e. The fraction of sp³-hybridized carbons (Fsp3) is 0.417. The Hall–Kier alpha value is -1.55. The van der Waals surface area contributed by atoms with Crippen LogP contribution < -0.4 is 9.64 Å². The van der Waals surface area contributed by atoms with Gasteiger partial charge in [-0.15, -0.1) is 24.2 Å². The maximum Gasteiger partial charge on any atom is 0.229 e. The molecule has 184 valence electrons. The fourth-order valence-electron chi connectivity index (χ4n) is 3.66. The number of thioether (sulfide) groups is 1. The van der Waals surface area contributed by atoms with Crippen molar-refractivity contribution < 1.29 is 14.3 Å². The Morgan fingerprint density at radius 1 is 1.24 bits per heavy atom. The number of fused-ring (bicyclic) bond motifs is 1. The molecule has 0 saturated carbocycles. The zero-order valence-electron chi connectivity index (χ0n) is 19.1. The van der Waals surface area contributed by atoms with Gasteiger partial charge in [0.1, 0.15) is 5.75 Å². The number of methoxy groups -OCH3 is 1. The third-order valence-electron chi connectivity index (χ3n) is 5.47. The van der Waals surface area contributed by atoms with Gasteiger partial charge in [0.15, 0.2) is 5.13 Å². The molecule has 10 heteroatoms. The van der Waals surface area contributed by atoms with Crippen molar-refractivity contribution in [2.24, 2.45) is 0 Å². The zero-order chi connectivity index (χ0) is 23.0. The number of amides is 1. The summed E-state index contributed by atoms with van der Waals surface area (Å²) < 4.78 is 11.8. The second kappa shape index (κ2) is 13.5. The van der Waals surface area contributed by atoms with Gasteiger partial charge in [-0.05, 0) is 48.9 Å². The first-order valence-electron chi connectivity index (χ1n) is 11.1. The SMILES string of the molecule is COc1ccc2nc(N(CCCN3CCOCC3)C(=O)CCSc3ccc(Cl)cc3)sc2c1.Cl. The first kappa shape index (κ1) is 27.0. The lowest BCUT2D eigenvalue weighted by Gasteiger charge is -2.27. The second-order valence-corrected chi connectivity index (χ2v) is 10.3. The standard InChI is InChI=1S/C24H28ClN3O3S2.ClH/c1-30-19-5-8-21-22(17-19)33-24(26-21)28(11-2-10-27-12-14-31-15-13-27)23(29)9-16-32-20-6-3-18(25)4-7-20;/h3-8,17H,2,9-16H2,1H3;1H. The Kier molecular flexibility index (Phi) is 10.8. The molecule has 2 heterocycles. The minimum Gasteiger partial charge on any atom is -0.497 e. The predicted octanol–water partition coefficient (Wildman–Crippen LogP) is 5.62. The van der Waals surface area contributed by atoms with Crippen molar-refractivity contribution in [3.8, 4) is 5.75 Å². The van der Waals surface area contributed by atoms with Gasteiger partial charge < -0.3 is 9.47 Å². The van der Waals surface area contributed by atoms with E-state index in [1.807, 2.05) is 47.4 Å². The van der Waals surface area contributed by atoms with E-state index in [0.29, 0.717) is 23.7 Å². The first-order chi connectivity index (χ1) is 16.1. The topological polar surface area (TPSA) is 54.9 Å². The molecule has 4 rings (SSSR count). The molecule has 0 N–H and O–H groups in total. The third kappa shape index (κ3) is 7.47. The molecule has 34 heavy (non-hydrogen) atoms. The number of nitrogens with zero attached hydrogens (tertiary/aromatic N) is 3. The normalized spacial score (nSPS) is 14.1. The van der Waals surface area contributed by atoms with Crippen molar-refractivity contribution in [2.75, 3.05) is 57.2 Å². The molecule has 0 unspecified atom stereocenters. The minimum atomic E-state index is 0. The Morgan fingerprint density at radius 2 is 2.00 bits per heavy atom. The molecule has 1 saturated heterocycles. The van der Waals surface area contributed by atoms with Gasteiger partial charge in [-0.3, -0.25) is 14.6 Å². The summed E-state index contributed by atoms with van der Waals surface area (Å²) in [4.78, 5) is 23.4. The van der Waals surface area contributed by atoms with E-state index in [0.717, 1.165) is 65.3 Å². The molecule has 2 aromatic carbocycles. The largest absolute Gasteiger partial charge is 0.497 e. The summed E-state index contributed by atoms with van der Waals surface area (Å²) in [6.45, 7) is 5.07. The lowest BCUT2D eigenvalue weighted by Crippen LogP contribution is -2.39. The van der Waals surface area contributed by atoms with Gasteiger partial charge in [0, 0.05) is 48.3 Å². The number of aromatic nitrogens is 1. The molecule has 0 atom stereocenters. The van der Waals surface area contributed by atoms with Gasteiger partial charge in [-0.2, -0.15) is 0 Å². The van der Waals surface area contributed by atoms with Crippen LogP contribution in [-0.4, -0.2) is 68.0 Å². The van der Waals surface area contributed by atoms with E-state index in [-0.39, 0.29) is 18.3 Å². The zero-order valence-corrected chi connectivity index (χ0v) is 22.3. The number of carbonyl (C=O) groups excluding carboxylic acids is 1. The number of rotatable bonds is 10. The van der Waals surface area contributed by atoms with Gasteiger partial charge in [-0.1, -0.05) is 22.9 Å². The number of anilines is 1. The molecule has 3 aromatic rings. The molecule has 0 radical (unpaired) electrons. The number of benzene rings is 2. The maximum atomic E-state index is 13.3. The number of ether oxygens (including phenoxy) is 2. The Labute approximate surface area is 220 Å². The van der Waals surface area contributed by atoms with Crippen molar-refractivity contribution in [1.82, 2.24) is 9.88 Å². The van der Waals surface area contributed by atoms with E-state index >= 15 is 0 Å². The van der Waals surface area contributed by atoms with Crippen molar-refractivity contribution in [3.05, 3.63) is 47.5 Å². The summed E-state index contributed by atoms with van der Waals surface area (Å²) in [7, 11) is 1.66. The summed E-state index contributed by atoms with van der Waals surface area (Å²) in [5.41, 5.74) is 0.886. The Balaban J connectivity index is 0.00000324. The molecule has 1 fully saturated rings. The van der Waals surface area contributed by atoms with Crippen LogP contribution in [0.3, 0.4) is 0 Å². The van der Waals surface area contributed by atoms with Crippen LogP contribution >= 0.6 is 47.1 Å². The summed E-state index contributed by atoms with van der Waals surface area (Å²) in [5.74, 6) is 1.60. The highest BCUT2D eigenvalue weighted by atomic mass is 35.5.